The Balaban J connectivity index is 1.86. The Morgan fingerprint density at radius 2 is 1.64 bits per heavy atom. The SMILES string of the molecule is COc1ccc(C2c3c([nH]c(=O)[nH]c3=O)Nc3ccc4ccccc4c32)cc1. The van der Waals surface area contributed by atoms with Crippen LogP contribution in [0.2, 0.25) is 0 Å². The van der Waals surface area contributed by atoms with Crippen LogP contribution in [0.25, 0.3) is 10.8 Å². The lowest BCUT2D eigenvalue weighted by Gasteiger charge is -2.29. The van der Waals surface area contributed by atoms with Crippen LogP contribution in [0.5, 0.6) is 5.75 Å². The molecule has 1 atom stereocenters. The van der Waals surface area contributed by atoms with Gasteiger partial charge in [0.2, 0.25) is 0 Å². The molecule has 0 amide bonds. The van der Waals surface area contributed by atoms with E-state index in [2.05, 4.69) is 21.4 Å². The Bertz CT molecular complexity index is 1320. The van der Waals surface area contributed by atoms with Gasteiger partial charge in [-0.25, -0.2) is 4.79 Å². The summed E-state index contributed by atoms with van der Waals surface area (Å²) in [5.74, 6) is 0.840. The monoisotopic (exact) mass is 371 g/mol. The van der Waals surface area contributed by atoms with E-state index in [-0.39, 0.29) is 5.92 Å². The summed E-state index contributed by atoms with van der Waals surface area (Å²) in [7, 11) is 1.62. The zero-order valence-corrected chi connectivity index (χ0v) is 15.1. The standard InChI is InChI=1S/C22H17N3O3/c1-28-14-9-6-13(7-10-14)17-18-15-5-3-2-4-12(15)8-11-16(18)23-20-19(17)21(26)25-22(27)24-20/h2-11,17H,1H3,(H3,23,24,25,26,27). The van der Waals surface area contributed by atoms with Crippen molar-refractivity contribution in [3.05, 3.63) is 98.2 Å². The minimum atomic E-state index is -0.533. The molecule has 1 aliphatic rings. The Kier molecular flexibility index (Phi) is 3.58. The van der Waals surface area contributed by atoms with Gasteiger partial charge in [-0.2, -0.15) is 0 Å². The van der Waals surface area contributed by atoms with Gasteiger partial charge in [-0.3, -0.25) is 14.8 Å². The molecule has 28 heavy (non-hydrogen) atoms. The maximum absolute atomic E-state index is 12.8. The predicted molar refractivity (Wildman–Crippen MR) is 109 cm³/mol. The molecule has 2 heterocycles. The average Bonchev–Trinajstić information content (AvgIpc) is 2.72. The molecule has 0 aliphatic carbocycles. The Labute approximate surface area is 159 Å². The summed E-state index contributed by atoms with van der Waals surface area (Å²) < 4.78 is 5.28. The van der Waals surface area contributed by atoms with Crippen LogP contribution < -0.4 is 21.3 Å². The van der Waals surface area contributed by atoms with Crippen molar-refractivity contribution in [2.24, 2.45) is 0 Å². The summed E-state index contributed by atoms with van der Waals surface area (Å²) >= 11 is 0. The van der Waals surface area contributed by atoms with E-state index in [1.54, 1.807) is 7.11 Å². The molecule has 1 aromatic heterocycles. The van der Waals surface area contributed by atoms with Crippen molar-refractivity contribution in [2.45, 2.75) is 5.92 Å². The molecule has 1 unspecified atom stereocenters. The number of hydrogen-bond acceptors (Lipinski definition) is 4. The van der Waals surface area contributed by atoms with Gasteiger partial charge in [0.25, 0.3) is 5.56 Å². The predicted octanol–water partition coefficient (Wildman–Crippen LogP) is 3.46. The number of nitrogens with one attached hydrogen (secondary N) is 3. The molecule has 0 saturated carbocycles. The second-order valence-corrected chi connectivity index (χ2v) is 6.78. The van der Waals surface area contributed by atoms with Crippen molar-refractivity contribution in [1.82, 2.24) is 9.97 Å². The Hall–Kier alpha value is -3.80. The van der Waals surface area contributed by atoms with Crippen LogP contribution in [0.15, 0.2) is 70.3 Å². The molecule has 138 valence electrons. The minimum absolute atomic E-state index is 0.330. The average molecular weight is 371 g/mol. The number of ether oxygens (including phenoxy) is 1. The fraction of sp³-hybridized carbons (Fsp3) is 0.0909. The summed E-state index contributed by atoms with van der Waals surface area (Å²) in [5.41, 5.74) is 2.38. The van der Waals surface area contributed by atoms with E-state index in [0.717, 1.165) is 33.3 Å². The molecular weight excluding hydrogens is 354 g/mol. The van der Waals surface area contributed by atoms with Gasteiger partial charge in [-0.15, -0.1) is 0 Å². The number of H-pyrrole nitrogens is 2. The van der Waals surface area contributed by atoms with E-state index in [9.17, 15) is 9.59 Å². The fourth-order valence-electron chi connectivity index (χ4n) is 3.99. The van der Waals surface area contributed by atoms with E-state index in [0.29, 0.717) is 11.4 Å². The summed E-state index contributed by atoms with van der Waals surface area (Å²) in [5, 5.41) is 5.38. The summed E-state index contributed by atoms with van der Waals surface area (Å²) in [6.45, 7) is 0. The van der Waals surface area contributed by atoms with Gasteiger partial charge in [0.05, 0.1) is 12.7 Å². The third kappa shape index (κ3) is 2.42. The number of methoxy groups -OCH3 is 1. The van der Waals surface area contributed by atoms with Crippen LogP contribution in [0.4, 0.5) is 11.5 Å². The van der Waals surface area contributed by atoms with Gasteiger partial charge in [0, 0.05) is 11.6 Å². The van der Waals surface area contributed by atoms with Crippen molar-refractivity contribution in [1.29, 1.82) is 0 Å². The van der Waals surface area contributed by atoms with Crippen LogP contribution in [0, 0.1) is 0 Å². The van der Waals surface area contributed by atoms with E-state index in [4.69, 9.17) is 4.74 Å². The first-order chi connectivity index (χ1) is 13.7. The molecule has 0 saturated heterocycles. The molecule has 1 aliphatic heterocycles. The zero-order chi connectivity index (χ0) is 19.3. The summed E-state index contributed by atoms with van der Waals surface area (Å²) in [6.07, 6.45) is 0. The molecule has 6 heteroatoms. The van der Waals surface area contributed by atoms with Crippen molar-refractivity contribution < 1.29 is 4.74 Å². The molecule has 3 aromatic carbocycles. The second kappa shape index (κ2) is 6.13. The van der Waals surface area contributed by atoms with E-state index < -0.39 is 11.2 Å². The Morgan fingerprint density at radius 3 is 2.43 bits per heavy atom. The van der Waals surface area contributed by atoms with Crippen LogP contribution in [-0.4, -0.2) is 17.1 Å². The lowest BCUT2D eigenvalue weighted by Crippen LogP contribution is -2.31. The highest BCUT2D eigenvalue weighted by molar-refractivity contribution is 5.94. The van der Waals surface area contributed by atoms with Gasteiger partial charge < -0.3 is 10.1 Å². The first kappa shape index (κ1) is 16.4. The Morgan fingerprint density at radius 1 is 0.857 bits per heavy atom. The van der Waals surface area contributed by atoms with E-state index in [1.807, 2.05) is 54.6 Å². The number of fused-ring (bicyclic) bond motifs is 4. The van der Waals surface area contributed by atoms with E-state index in [1.165, 1.54) is 0 Å². The molecule has 3 N–H and O–H groups in total. The summed E-state index contributed by atoms with van der Waals surface area (Å²) in [6, 6.07) is 19.8. The number of anilines is 2. The number of aromatic amines is 2. The molecule has 5 rings (SSSR count). The molecular formula is C22H17N3O3. The number of benzene rings is 3. The van der Waals surface area contributed by atoms with Gasteiger partial charge in [-0.05, 0) is 40.1 Å². The van der Waals surface area contributed by atoms with Gasteiger partial charge in [0.1, 0.15) is 11.6 Å². The molecule has 0 radical (unpaired) electrons. The number of rotatable bonds is 2. The maximum atomic E-state index is 12.8. The summed E-state index contributed by atoms with van der Waals surface area (Å²) in [4.78, 5) is 29.7. The van der Waals surface area contributed by atoms with Crippen LogP contribution >= 0.6 is 0 Å². The molecule has 0 bridgehead atoms. The fourth-order valence-corrected chi connectivity index (χ4v) is 3.99. The van der Waals surface area contributed by atoms with Crippen LogP contribution in [-0.2, 0) is 0 Å². The highest BCUT2D eigenvalue weighted by Crippen LogP contribution is 2.45. The normalized spacial score (nSPS) is 14.8. The third-order valence-corrected chi connectivity index (χ3v) is 5.24. The van der Waals surface area contributed by atoms with Crippen molar-refractivity contribution in [3.8, 4) is 5.75 Å². The molecule has 0 spiro atoms. The van der Waals surface area contributed by atoms with Gasteiger partial charge in [-0.1, -0.05) is 42.5 Å². The number of aromatic nitrogens is 2. The van der Waals surface area contributed by atoms with Crippen LogP contribution in [0.3, 0.4) is 0 Å². The maximum Gasteiger partial charge on any atom is 0.327 e. The van der Waals surface area contributed by atoms with Gasteiger partial charge in [0.15, 0.2) is 0 Å². The topological polar surface area (TPSA) is 87.0 Å². The van der Waals surface area contributed by atoms with Crippen molar-refractivity contribution in [3.63, 3.8) is 0 Å². The quantitative estimate of drug-likeness (QED) is 0.443. The van der Waals surface area contributed by atoms with E-state index >= 15 is 0 Å². The van der Waals surface area contributed by atoms with Gasteiger partial charge >= 0.3 is 5.69 Å². The highest BCUT2D eigenvalue weighted by atomic mass is 16.5. The minimum Gasteiger partial charge on any atom is -0.497 e. The molecule has 4 aromatic rings. The smallest absolute Gasteiger partial charge is 0.327 e. The zero-order valence-electron chi connectivity index (χ0n) is 15.1. The third-order valence-electron chi connectivity index (χ3n) is 5.24. The first-order valence-corrected chi connectivity index (χ1v) is 8.95. The lowest BCUT2D eigenvalue weighted by molar-refractivity contribution is 0.414. The van der Waals surface area contributed by atoms with Crippen molar-refractivity contribution in [2.75, 3.05) is 12.4 Å². The lowest BCUT2D eigenvalue weighted by atomic mass is 9.80. The van der Waals surface area contributed by atoms with Crippen molar-refractivity contribution >= 4 is 22.3 Å². The molecule has 6 nitrogen and oxygen atoms in total. The first-order valence-electron chi connectivity index (χ1n) is 8.95. The second-order valence-electron chi connectivity index (χ2n) is 6.78. The number of hydrogen-bond donors (Lipinski definition) is 3. The highest BCUT2D eigenvalue weighted by Gasteiger charge is 2.32. The molecule has 0 fully saturated rings. The largest absolute Gasteiger partial charge is 0.497 e. The van der Waals surface area contributed by atoms with Crippen LogP contribution in [0.1, 0.15) is 22.6 Å².